The van der Waals surface area contributed by atoms with Crippen LogP contribution in [0.1, 0.15) is 107 Å². The number of rotatable bonds is 14. The van der Waals surface area contributed by atoms with Crippen molar-refractivity contribution in [1.82, 2.24) is 49.5 Å². The van der Waals surface area contributed by atoms with Crippen LogP contribution in [0.25, 0.3) is 0 Å². The lowest BCUT2D eigenvalue weighted by molar-refractivity contribution is 0.0667. The predicted octanol–water partition coefficient (Wildman–Crippen LogP) is 6.31. The standard InChI is InChI=1S/C22H26N6O3S.C16H28N2O3Si.C12H14N4O2S/c1-22(2)6-5-17-18(8-22)26-27-19(17)21(29)25-16-10-24-28(11-16)20(14-4-3-7-23-9-14)15-12-32(30,31)13-15;1-16(2)7-6-12-13(10-16)18(17-14(12)15(19)20)11-21-8-9-22(3,4)5;13-11-5-15-16(6-11)12(9-2-1-3-14-4-9)10-7-19(17,18)8-10/h3-4,7,9-11,15,20H,5-6,8,12-13H2,1-2H3,(H,25,29)(H,26,27);6-11H2,1-5H3,(H,19,20);1-6,10,12H,7-8,13H2. The third-order valence-electron chi connectivity index (χ3n) is 14.0. The van der Waals surface area contributed by atoms with Crippen molar-refractivity contribution in [3.05, 3.63) is 119 Å². The molecule has 73 heavy (non-hydrogen) atoms. The van der Waals surface area contributed by atoms with Crippen LogP contribution in [0.5, 0.6) is 0 Å². The molecule has 6 aromatic heterocycles. The van der Waals surface area contributed by atoms with E-state index < -0.39 is 33.7 Å². The lowest BCUT2D eigenvalue weighted by Gasteiger charge is -2.33. The van der Waals surface area contributed by atoms with Gasteiger partial charge >= 0.3 is 5.97 Å². The molecule has 10 rings (SSSR count). The summed E-state index contributed by atoms with van der Waals surface area (Å²) in [7, 11) is -6.98. The summed E-state index contributed by atoms with van der Waals surface area (Å²) in [6.07, 6.45) is 18.8. The minimum absolute atomic E-state index is 0.0218. The van der Waals surface area contributed by atoms with E-state index in [9.17, 15) is 31.5 Å². The van der Waals surface area contributed by atoms with Crippen LogP contribution in [0.3, 0.4) is 0 Å². The second kappa shape index (κ2) is 21.1. The molecule has 2 saturated heterocycles. The van der Waals surface area contributed by atoms with Crippen LogP contribution >= 0.6 is 0 Å². The molecule has 23 heteroatoms. The number of hydrogen-bond acceptors (Lipinski definition) is 14. The van der Waals surface area contributed by atoms with Gasteiger partial charge in [-0.2, -0.15) is 20.4 Å². The smallest absolute Gasteiger partial charge is 0.356 e. The number of amides is 1. The summed E-state index contributed by atoms with van der Waals surface area (Å²) in [4.78, 5) is 32.6. The Hall–Kier alpha value is -6.04. The molecule has 392 valence electrons. The molecule has 2 aliphatic heterocycles. The Kier molecular flexibility index (Phi) is 15.4. The molecule has 20 nitrogen and oxygen atoms in total. The summed E-state index contributed by atoms with van der Waals surface area (Å²) in [5.74, 6) is -0.669. The third kappa shape index (κ3) is 13.2. The van der Waals surface area contributed by atoms with E-state index in [4.69, 9.17) is 10.5 Å². The number of nitrogens with zero attached hydrogens (tertiary/aromatic N) is 9. The molecule has 5 N–H and O–H groups in total. The van der Waals surface area contributed by atoms with Crippen molar-refractivity contribution < 1.29 is 36.3 Å². The van der Waals surface area contributed by atoms with Gasteiger partial charge in [0.2, 0.25) is 0 Å². The highest BCUT2D eigenvalue weighted by atomic mass is 32.2. The SMILES string of the molecule is CC1(C)CCc2c(C(=O)Nc3cnn(C(c4cccnc4)C4CS(=O)(=O)C4)c3)n[nH]c2C1.CC1(C)CCc2c(C(=O)O)nn(COCC[Si](C)(C)C)c2C1.Nc1cnn(C(c2cccnc2)C2CS(=O)(=O)C2)c1. The average Bonchev–Trinajstić information content (AvgIpc) is 4.11. The monoisotopic (exact) mass is 1060 g/mol. The number of carbonyl (C=O) groups excluding carboxylic acids is 1. The number of anilines is 2. The maximum atomic E-state index is 12.9. The van der Waals surface area contributed by atoms with Crippen LogP contribution < -0.4 is 11.1 Å². The van der Waals surface area contributed by atoms with E-state index in [0.29, 0.717) is 23.8 Å². The van der Waals surface area contributed by atoms with E-state index in [1.807, 2.05) is 24.3 Å². The van der Waals surface area contributed by atoms with Gasteiger partial charge in [0.05, 0.1) is 58.9 Å². The molecule has 0 bridgehead atoms. The summed E-state index contributed by atoms with van der Waals surface area (Å²) in [6, 6.07) is 8.22. The first kappa shape index (κ1) is 53.3. The molecule has 0 radical (unpaired) electrons. The lowest BCUT2D eigenvalue weighted by Crippen LogP contribution is -2.42. The molecule has 2 aliphatic carbocycles. The van der Waals surface area contributed by atoms with Crippen LogP contribution in [-0.4, -0.2) is 121 Å². The van der Waals surface area contributed by atoms with Gasteiger partial charge in [-0.1, -0.05) is 59.5 Å². The van der Waals surface area contributed by atoms with Crippen molar-refractivity contribution in [1.29, 1.82) is 0 Å². The number of ether oxygens (including phenoxy) is 1. The molecule has 2 fully saturated rings. The topological polar surface area (TPSA) is 278 Å². The predicted molar refractivity (Wildman–Crippen MR) is 279 cm³/mol. The van der Waals surface area contributed by atoms with Crippen molar-refractivity contribution in [2.24, 2.45) is 22.7 Å². The summed E-state index contributed by atoms with van der Waals surface area (Å²) in [5.41, 5.74) is 13.6. The van der Waals surface area contributed by atoms with Crippen molar-refractivity contribution in [2.45, 2.75) is 111 Å². The lowest BCUT2D eigenvalue weighted by atomic mass is 9.76. The molecular weight excluding hydrogens is 989 g/mol. The number of hydrogen-bond donors (Lipinski definition) is 4. The molecular formula is C50H68N12O8S2Si. The number of carboxylic acids is 1. The van der Waals surface area contributed by atoms with Crippen LogP contribution in [0.2, 0.25) is 25.7 Å². The maximum absolute atomic E-state index is 12.9. The molecule has 0 spiro atoms. The maximum Gasteiger partial charge on any atom is 0.356 e. The van der Waals surface area contributed by atoms with Crippen molar-refractivity contribution in [2.75, 3.05) is 40.7 Å². The molecule has 0 aromatic carbocycles. The van der Waals surface area contributed by atoms with Gasteiger partial charge in [0, 0.05) is 86.2 Å². The number of fused-ring (bicyclic) bond motifs is 2. The largest absolute Gasteiger partial charge is 0.476 e. The Balaban J connectivity index is 0.000000153. The van der Waals surface area contributed by atoms with E-state index in [2.05, 4.69) is 88.1 Å². The number of carbonyl (C=O) groups is 2. The van der Waals surface area contributed by atoms with Crippen molar-refractivity contribution >= 4 is 51.0 Å². The Labute approximate surface area is 427 Å². The van der Waals surface area contributed by atoms with Gasteiger partial charge in [-0.3, -0.25) is 29.2 Å². The molecule has 0 saturated carbocycles. The fourth-order valence-corrected chi connectivity index (χ4v) is 13.9. The van der Waals surface area contributed by atoms with Gasteiger partial charge in [-0.15, -0.1) is 0 Å². The molecule has 2 unspecified atom stereocenters. The summed E-state index contributed by atoms with van der Waals surface area (Å²) < 4.78 is 57.4. The zero-order valence-electron chi connectivity index (χ0n) is 42.7. The van der Waals surface area contributed by atoms with Crippen LogP contribution in [-0.2, 0) is 56.8 Å². The van der Waals surface area contributed by atoms with Crippen LogP contribution in [0.4, 0.5) is 11.4 Å². The van der Waals surface area contributed by atoms with Crippen molar-refractivity contribution in [3.8, 4) is 0 Å². The van der Waals surface area contributed by atoms with Crippen molar-refractivity contribution in [3.63, 3.8) is 0 Å². The van der Waals surface area contributed by atoms with E-state index in [1.165, 1.54) is 0 Å². The second-order valence-corrected chi connectivity index (χ2v) is 32.6. The highest BCUT2D eigenvalue weighted by Crippen LogP contribution is 2.39. The Morgan fingerprint density at radius 2 is 1.38 bits per heavy atom. The van der Waals surface area contributed by atoms with Crippen LogP contribution in [0, 0.1) is 22.7 Å². The average molecular weight is 1060 g/mol. The second-order valence-electron chi connectivity index (χ2n) is 22.7. The molecule has 8 heterocycles. The first-order valence-corrected chi connectivity index (χ1v) is 32.0. The third-order valence-corrected chi connectivity index (χ3v) is 19.5. The molecule has 4 aliphatic rings. The zero-order chi connectivity index (χ0) is 52.5. The van der Waals surface area contributed by atoms with E-state index in [0.717, 1.165) is 84.8 Å². The normalized spacial score (nSPS) is 19.2. The number of aromatic nitrogens is 10. The number of nitrogen functional groups attached to an aromatic ring is 1. The highest BCUT2D eigenvalue weighted by molar-refractivity contribution is 7.93. The quantitative estimate of drug-likeness (QED) is 0.0688. The number of carboxylic acid groups (broad SMARTS) is 1. The Morgan fingerprint density at radius 3 is 1.90 bits per heavy atom. The number of aromatic carboxylic acids is 1. The first-order chi connectivity index (χ1) is 34.3. The summed E-state index contributed by atoms with van der Waals surface area (Å²) in [5, 5.41) is 32.5. The van der Waals surface area contributed by atoms with Gasteiger partial charge < -0.3 is 20.9 Å². The first-order valence-electron chi connectivity index (χ1n) is 24.7. The number of H-pyrrole nitrogens is 1. The van der Waals surface area contributed by atoms with E-state index >= 15 is 0 Å². The van der Waals surface area contributed by atoms with Gasteiger partial charge in [0.15, 0.2) is 31.1 Å². The number of aromatic amines is 1. The van der Waals surface area contributed by atoms with E-state index in [1.54, 1.807) is 63.6 Å². The summed E-state index contributed by atoms with van der Waals surface area (Å²) >= 11 is 0. The van der Waals surface area contributed by atoms with Gasteiger partial charge in [0.1, 0.15) is 6.73 Å². The Morgan fingerprint density at radius 1 is 0.822 bits per heavy atom. The van der Waals surface area contributed by atoms with E-state index in [-0.39, 0.29) is 69.4 Å². The highest BCUT2D eigenvalue weighted by Gasteiger charge is 2.42. The molecule has 6 aromatic rings. The fraction of sp³-hybridized carbons (Fsp3) is 0.520. The summed E-state index contributed by atoms with van der Waals surface area (Å²) in [6.45, 7) is 16.9. The van der Waals surface area contributed by atoms with Gasteiger partial charge in [-0.05, 0) is 78.7 Å². The molecule has 2 atom stereocenters. The molecule has 1 amide bonds. The number of nitrogens with one attached hydrogen (secondary N) is 2. The zero-order valence-corrected chi connectivity index (χ0v) is 45.3. The fourth-order valence-electron chi connectivity index (χ4n) is 10.0. The minimum atomic E-state index is -2.99. The minimum Gasteiger partial charge on any atom is -0.476 e. The Bertz CT molecular complexity index is 3120. The number of nitrogens with two attached hydrogens (primary N) is 1. The van der Waals surface area contributed by atoms with Gasteiger partial charge in [0.25, 0.3) is 5.91 Å². The number of pyridine rings is 2. The number of sulfone groups is 2. The van der Waals surface area contributed by atoms with Crippen LogP contribution in [0.15, 0.2) is 73.8 Å². The van der Waals surface area contributed by atoms with Gasteiger partial charge in [-0.25, -0.2) is 26.3 Å².